The highest BCUT2D eigenvalue weighted by Crippen LogP contribution is 2.28. The fourth-order valence-corrected chi connectivity index (χ4v) is 1.66. The predicted octanol–water partition coefficient (Wildman–Crippen LogP) is 1.74. The quantitative estimate of drug-likeness (QED) is 0.755. The van der Waals surface area contributed by atoms with Gasteiger partial charge in [0.2, 0.25) is 0 Å². The first-order chi connectivity index (χ1) is 7.09. The lowest BCUT2D eigenvalue weighted by atomic mass is 9.96. The maximum Gasteiger partial charge on any atom is 0.350 e. The van der Waals surface area contributed by atoms with E-state index in [2.05, 4.69) is 4.99 Å². The van der Waals surface area contributed by atoms with Gasteiger partial charge in [0.1, 0.15) is 5.71 Å². The number of fused-ring (bicyclic) bond motifs is 1. The van der Waals surface area contributed by atoms with E-state index >= 15 is 0 Å². The molecule has 0 fully saturated rings. The molecule has 76 valence electrons. The molecule has 1 N–H and O–H groups in total. The molecule has 0 amide bonds. The van der Waals surface area contributed by atoms with Gasteiger partial charge in [0, 0.05) is 5.56 Å². The second-order valence-corrected chi connectivity index (χ2v) is 3.43. The van der Waals surface area contributed by atoms with Gasteiger partial charge in [0.15, 0.2) is 5.78 Å². The summed E-state index contributed by atoms with van der Waals surface area (Å²) >= 11 is 0. The van der Waals surface area contributed by atoms with Crippen molar-refractivity contribution in [2.24, 2.45) is 4.99 Å². The number of carboxylic acid groups (broad SMARTS) is 1. The predicted molar refractivity (Wildman–Crippen MR) is 54.9 cm³/mol. The van der Waals surface area contributed by atoms with Crippen molar-refractivity contribution in [1.29, 1.82) is 0 Å². The van der Waals surface area contributed by atoms with E-state index in [1.807, 2.05) is 13.0 Å². The summed E-state index contributed by atoms with van der Waals surface area (Å²) in [5.41, 5.74) is 1.76. The van der Waals surface area contributed by atoms with E-state index in [9.17, 15) is 9.59 Å². The van der Waals surface area contributed by atoms with E-state index in [4.69, 9.17) is 5.11 Å². The van der Waals surface area contributed by atoms with Crippen molar-refractivity contribution in [3.05, 3.63) is 29.3 Å². The Hall–Kier alpha value is -1.97. The summed E-state index contributed by atoms with van der Waals surface area (Å²) in [4.78, 5) is 26.3. The largest absolute Gasteiger partial charge is 0.477 e. The van der Waals surface area contributed by atoms with Crippen LogP contribution in [0.4, 0.5) is 5.69 Å². The number of rotatable bonds is 1. The van der Waals surface area contributed by atoms with Gasteiger partial charge in [-0.25, -0.2) is 9.79 Å². The van der Waals surface area contributed by atoms with Crippen molar-refractivity contribution >= 4 is 23.2 Å². The number of nitrogens with zero attached hydrogens (tertiary/aromatic N) is 1. The number of aryl methyl sites for hydroxylation is 1. The van der Waals surface area contributed by atoms with Gasteiger partial charge < -0.3 is 5.11 Å². The summed E-state index contributed by atoms with van der Waals surface area (Å²) in [7, 11) is 0. The van der Waals surface area contributed by atoms with Crippen LogP contribution in [0.1, 0.15) is 22.3 Å². The highest BCUT2D eigenvalue weighted by Gasteiger charge is 2.24. The van der Waals surface area contributed by atoms with Crippen LogP contribution in [0.2, 0.25) is 0 Å². The van der Waals surface area contributed by atoms with Crippen LogP contribution in [-0.2, 0) is 4.79 Å². The van der Waals surface area contributed by atoms with Crippen LogP contribution in [0.5, 0.6) is 0 Å². The van der Waals surface area contributed by atoms with Crippen LogP contribution in [0.15, 0.2) is 23.2 Å². The first-order valence-corrected chi connectivity index (χ1v) is 4.53. The SMILES string of the molecule is Cc1cccc2c1C(=O)CC(C(=O)O)=N2. The smallest absolute Gasteiger partial charge is 0.350 e. The molecule has 0 bridgehead atoms. The van der Waals surface area contributed by atoms with Gasteiger partial charge in [0.05, 0.1) is 12.1 Å². The van der Waals surface area contributed by atoms with Crippen molar-refractivity contribution in [2.75, 3.05) is 0 Å². The van der Waals surface area contributed by atoms with Gasteiger partial charge in [0.25, 0.3) is 0 Å². The fraction of sp³-hybridized carbons (Fsp3) is 0.182. The first kappa shape index (κ1) is 9.58. The van der Waals surface area contributed by atoms with Crippen molar-refractivity contribution < 1.29 is 14.7 Å². The number of ketones is 1. The molecule has 1 aliphatic heterocycles. The summed E-state index contributed by atoms with van der Waals surface area (Å²) in [6.45, 7) is 1.82. The topological polar surface area (TPSA) is 66.7 Å². The zero-order valence-corrected chi connectivity index (χ0v) is 8.15. The Bertz CT molecular complexity index is 489. The van der Waals surface area contributed by atoms with E-state index in [0.29, 0.717) is 11.3 Å². The Labute approximate surface area is 86.3 Å². The monoisotopic (exact) mass is 203 g/mol. The fourth-order valence-electron chi connectivity index (χ4n) is 1.66. The number of hydrogen-bond donors (Lipinski definition) is 1. The number of aliphatic carboxylic acids is 1. The van der Waals surface area contributed by atoms with E-state index in [-0.39, 0.29) is 17.9 Å². The van der Waals surface area contributed by atoms with Crippen molar-refractivity contribution in [3.8, 4) is 0 Å². The lowest BCUT2D eigenvalue weighted by Crippen LogP contribution is -2.21. The van der Waals surface area contributed by atoms with Crippen LogP contribution >= 0.6 is 0 Å². The Balaban J connectivity index is 2.62. The number of hydrogen-bond acceptors (Lipinski definition) is 3. The molecule has 1 aliphatic rings. The molecular formula is C11H9NO3. The summed E-state index contributed by atoms with van der Waals surface area (Å²) in [5, 5.41) is 8.77. The average molecular weight is 203 g/mol. The minimum atomic E-state index is -1.13. The molecular weight excluding hydrogens is 194 g/mol. The molecule has 0 atom stereocenters. The van der Waals surface area contributed by atoms with Crippen LogP contribution in [0, 0.1) is 6.92 Å². The Morgan fingerprint density at radius 1 is 1.47 bits per heavy atom. The number of benzene rings is 1. The lowest BCUT2D eigenvalue weighted by Gasteiger charge is -2.13. The second kappa shape index (κ2) is 3.31. The molecule has 0 aliphatic carbocycles. The van der Waals surface area contributed by atoms with Gasteiger partial charge >= 0.3 is 5.97 Å². The standard InChI is InChI=1S/C11H9NO3/c1-6-3-2-4-7-10(6)9(13)5-8(12-7)11(14)15/h2-4H,5H2,1H3,(H,14,15). The molecule has 1 heterocycles. The molecule has 0 spiro atoms. The zero-order chi connectivity index (χ0) is 11.0. The normalized spacial score (nSPS) is 14.5. The molecule has 4 nitrogen and oxygen atoms in total. The molecule has 4 heteroatoms. The Kier molecular flexibility index (Phi) is 2.11. The van der Waals surface area contributed by atoms with Crippen LogP contribution < -0.4 is 0 Å². The van der Waals surface area contributed by atoms with E-state index in [1.54, 1.807) is 12.1 Å². The number of carbonyl (C=O) groups is 2. The molecule has 1 aromatic carbocycles. The van der Waals surface area contributed by atoms with Gasteiger partial charge in [-0.2, -0.15) is 0 Å². The zero-order valence-electron chi connectivity index (χ0n) is 8.15. The lowest BCUT2D eigenvalue weighted by molar-refractivity contribution is -0.129. The first-order valence-electron chi connectivity index (χ1n) is 4.53. The van der Waals surface area contributed by atoms with E-state index in [0.717, 1.165) is 5.56 Å². The van der Waals surface area contributed by atoms with E-state index < -0.39 is 5.97 Å². The molecule has 0 aromatic heterocycles. The summed E-state index contributed by atoms with van der Waals surface area (Å²) < 4.78 is 0. The number of Topliss-reactive ketones (excluding diaryl/α,β-unsaturated/α-hetero) is 1. The van der Waals surface area contributed by atoms with Gasteiger partial charge in [-0.05, 0) is 18.6 Å². The van der Waals surface area contributed by atoms with Crippen molar-refractivity contribution in [3.63, 3.8) is 0 Å². The van der Waals surface area contributed by atoms with Crippen LogP contribution in [0.25, 0.3) is 0 Å². The Morgan fingerprint density at radius 2 is 2.20 bits per heavy atom. The highest BCUT2D eigenvalue weighted by atomic mass is 16.4. The molecule has 0 saturated heterocycles. The minimum absolute atomic E-state index is 0.0851. The maximum absolute atomic E-state index is 11.7. The third-order valence-electron chi connectivity index (χ3n) is 2.36. The van der Waals surface area contributed by atoms with Crippen molar-refractivity contribution in [2.45, 2.75) is 13.3 Å². The van der Waals surface area contributed by atoms with Crippen LogP contribution in [-0.4, -0.2) is 22.6 Å². The average Bonchev–Trinajstić information content (AvgIpc) is 2.17. The number of aliphatic imine (C=N–C) groups is 1. The van der Waals surface area contributed by atoms with Gasteiger partial charge in [-0.3, -0.25) is 4.79 Å². The molecule has 0 saturated carbocycles. The molecule has 0 unspecified atom stereocenters. The molecule has 15 heavy (non-hydrogen) atoms. The van der Waals surface area contributed by atoms with Crippen molar-refractivity contribution in [1.82, 2.24) is 0 Å². The van der Waals surface area contributed by atoms with Crippen LogP contribution in [0.3, 0.4) is 0 Å². The highest BCUT2D eigenvalue weighted by molar-refractivity contribution is 6.42. The van der Waals surface area contributed by atoms with Gasteiger partial charge in [-0.15, -0.1) is 0 Å². The maximum atomic E-state index is 11.7. The third kappa shape index (κ3) is 1.54. The summed E-state index contributed by atoms with van der Waals surface area (Å²) in [6, 6.07) is 5.23. The molecule has 1 aromatic rings. The molecule has 2 rings (SSSR count). The summed E-state index contributed by atoms with van der Waals surface area (Å²) in [6.07, 6.45) is -0.118. The minimum Gasteiger partial charge on any atom is -0.477 e. The second-order valence-electron chi connectivity index (χ2n) is 3.43. The van der Waals surface area contributed by atoms with Gasteiger partial charge in [-0.1, -0.05) is 12.1 Å². The number of carbonyl (C=O) groups excluding carboxylic acids is 1. The Morgan fingerprint density at radius 3 is 2.87 bits per heavy atom. The summed E-state index contributed by atoms with van der Waals surface area (Å²) in [5.74, 6) is -1.30. The number of carboxylic acids is 1. The molecule has 0 radical (unpaired) electrons. The van der Waals surface area contributed by atoms with E-state index in [1.165, 1.54) is 0 Å². The third-order valence-corrected chi connectivity index (χ3v) is 2.36.